The summed E-state index contributed by atoms with van der Waals surface area (Å²) in [5, 5.41) is 0. The lowest BCUT2D eigenvalue weighted by molar-refractivity contribution is -0.0746. The van der Waals surface area contributed by atoms with E-state index in [0.29, 0.717) is 23.7 Å². The van der Waals surface area contributed by atoms with Crippen LogP contribution in [0.2, 0.25) is 0 Å². The van der Waals surface area contributed by atoms with Gasteiger partial charge in [0.05, 0.1) is 12.2 Å². The lowest BCUT2D eigenvalue weighted by atomic mass is 9.50. The predicted molar refractivity (Wildman–Crippen MR) is 93.0 cm³/mol. The third-order valence-electron chi connectivity index (χ3n) is 7.08. The van der Waals surface area contributed by atoms with Crippen LogP contribution in [0.4, 0.5) is 4.39 Å². The number of hydrogen-bond acceptors (Lipinski definition) is 2. The number of ether oxygens (including phenoxy) is 1. The molecule has 4 bridgehead atoms. The Labute approximate surface area is 148 Å². The van der Waals surface area contributed by atoms with Gasteiger partial charge in [-0.1, -0.05) is 0 Å². The van der Waals surface area contributed by atoms with E-state index in [1.807, 2.05) is 0 Å². The average Bonchev–Trinajstić information content (AvgIpc) is 3.36. The number of hydrogen-bond donors (Lipinski definition) is 1. The van der Waals surface area contributed by atoms with Crippen molar-refractivity contribution in [1.29, 1.82) is 0 Å². The van der Waals surface area contributed by atoms with Crippen molar-refractivity contribution in [2.24, 2.45) is 28.9 Å². The number of nitrogens with two attached hydrogens (primary N) is 1. The Morgan fingerprint density at radius 2 is 1.72 bits per heavy atom. The maximum Gasteiger partial charge on any atom is 0.251 e. The summed E-state index contributed by atoms with van der Waals surface area (Å²) in [7, 11) is 0. The molecular weight excluding hydrogens is 317 g/mol. The van der Waals surface area contributed by atoms with Gasteiger partial charge in [-0.25, -0.2) is 4.39 Å². The molecule has 5 fully saturated rings. The summed E-state index contributed by atoms with van der Waals surface area (Å²) >= 11 is 0. The Hall–Kier alpha value is -1.58. The molecule has 1 aromatic rings. The van der Waals surface area contributed by atoms with E-state index in [0.717, 1.165) is 36.2 Å². The minimum Gasteiger partial charge on any atom is -0.493 e. The van der Waals surface area contributed by atoms with E-state index < -0.39 is 11.7 Å². The van der Waals surface area contributed by atoms with E-state index in [9.17, 15) is 9.18 Å². The highest BCUT2D eigenvalue weighted by molar-refractivity contribution is 5.93. The molecule has 0 radical (unpaired) electrons. The van der Waals surface area contributed by atoms with Gasteiger partial charge in [0.1, 0.15) is 11.6 Å². The maximum atomic E-state index is 14.3. The van der Waals surface area contributed by atoms with Gasteiger partial charge in [0, 0.05) is 11.5 Å². The number of benzene rings is 1. The van der Waals surface area contributed by atoms with E-state index in [-0.39, 0.29) is 5.56 Å². The molecule has 3 nitrogen and oxygen atoms in total. The SMILES string of the molecule is NC(=O)c1cc(C2CC2)c(OCC23CC4CC(CC(C4)C2)C3)cc1F. The zero-order valence-electron chi connectivity index (χ0n) is 14.6. The van der Waals surface area contributed by atoms with Crippen molar-refractivity contribution in [3.05, 3.63) is 29.1 Å². The fourth-order valence-corrected chi connectivity index (χ4v) is 6.30. The van der Waals surface area contributed by atoms with Crippen LogP contribution in [0.5, 0.6) is 5.75 Å². The minimum atomic E-state index is -0.702. The Morgan fingerprint density at radius 3 is 2.24 bits per heavy atom. The van der Waals surface area contributed by atoms with Crippen LogP contribution in [0, 0.1) is 29.0 Å². The summed E-state index contributed by atoms with van der Waals surface area (Å²) in [4.78, 5) is 11.5. The van der Waals surface area contributed by atoms with Gasteiger partial charge >= 0.3 is 0 Å². The van der Waals surface area contributed by atoms with Crippen LogP contribution in [-0.4, -0.2) is 12.5 Å². The molecule has 6 rings (SSSR count). The topological polar surface area (TPSA) is 52.3 Å². The second kappa shape index (κ2) is 5.46. The van der Waals surface area contributed by atoms with Crippen LogP contribution in [0.15, 0.2) is 12.1 Å². The molecule has 0 aliphatic heterocycles. The van der Waals surface area contributed by atoms with E-state index in [4.69, 9.17) is 10.5 Å². The van der Waals surface area contributed by atoms with Crippen LogP contribution in [0.1, 0.15) is 73.2 Å². The quantitative estimate of drug-likeness (QED) is 0.861. The number of primary amides is 1. The second-order valence-electron chi connectivity index (χ2n) is 9.21. The van der Waals surface area contributed by atoms with E-state index >= 15 is 0 Å². The van der Waals surface area contributed by atoms with E-state index in [1.165, 1.54) is 44.6 Å². The van der Waals surface area contributed by atoms with Crippen LogP contribution in [-0.2, 0) is 0 Å². The molecule has 0 spiro atoms. The molecule has 0 heterocycles. The molecule has 0 aromatic heterocycles. The summed E-state index contributed by atoms with van der Waals surface area (Å²) in [5.41, 5.74) is 6.57. The normalized spacial score (nSPS) is 35.8. The first-order valence-corrected chi connectivity index (χ1v) is 9.77. The zero-order valence-corrected chi connectivity index (χ0v) is 14.6. The number of rotatable bonds is 5. The van der Waals surface area contributed by atoms with Gasteiger partial charge in [0.2, 0.25) is 0 Å². The van der Waals surface area contributed by atoms with Crippen molar-refractivity contribution in [2.75, 3.05) is 6.61 Å². The summed E-state index contributed by atoms with van der Waals surface area (Å²) < 4.78 is 20.5. The molecule has 5 aliphatic carbocycles. The largest absolute Gasteiger partial charge is 0.493 e. The maximum absolute atomic E-state index is 14.3. The van der Waals surface area contributed by atoms with Crippen molar-refractivity contribution >= 4 is 5.91 Å². The molecule has 0 atom stereocenters. The van der Waals surface area contributed by atoms with Crippen LogP contribution >= 0.6 is 0 Å². The van der Waals surface area contributed by atoms with Crippen molar-refractivity contribution in [3.8, 4) is 5.75 Å². The molecule has 0 unspecified atom stereocenters. The molecule has 4 heteroatoms. The molecule has 0 saturated heterocycles. The first kappa shape index (κ1) is 15.7. The number of carbonyl (C=O) groups is 1. The molecular formula is C21H26FNO2. The first-order chi connectivity index (χ1) is 12.0. The third kappa shape index (κ3) is 2.74. The predicted octanol–water partition coefficient (Wildman–Crippen LogP) is 4.40. The summed E-state index contributed by atoms with van der Waals surface area (Å²) in [6.45, 7) is 0.700. The van der Waals surface area contributed by atoms with Gasteiger partial charge in [0.15, 0.2) is 0 Å². The van der Waals surface area contributed by atoms with Gasteiger partial charge in [-0.2, -0.15) is 0 Å². The molecule has 5 saturated carbocycles. The molecule has 5 aliphatic rings. The van der Waals surface area contributed by atoms with Gasteiger partial charge in [0.25, 0.3) is 5.91 Å². The minimum absolute atomic E-state index is 0.0101. The lowest BCUT2D eigenvalue weighted by Gasteiger charge is -2.56. The van der Waals surface area contributed by atoms with Crippen LogP contribution in [0.25, 0.3) is 0 Å². The fraction of sp³-hybridized carbons (Fsp3) is 0.667. The zero-order chi connectivity index (χ0) is 17.2. The summed E-state index contributed by atoms with van der Waals surface area (Å²) in [6, 6.07) is 3.03. The van der Waals surface area contributed by atoms with Gasteiger partial charge in [-0.3, -0.25) is 4.79 Å². The molecule has 2 N–H and O–H groups in total. The smallest absolute Gasteiger partial charge is 0.251 e. The Balaban J connectivity index is 1.39. The van der Waals surface area contributed by atoms with Gasteiger partial charge in [-0.15, -0.1) is 0 Å². The molecule has 25 heavy (non-hydrogen) atoms. The Bertz CT molecular complexity index is 690. The first-order valence-electron chi connectivity index (χ1n) is 9.77. The molecule has 1 amide bonds. The van der Waals surface area contributed by atoms with Gasteiger partial charge < -0.3 is 10.5 Å². The highest BCUT2D eigenvalue weighted by Crippen LogP contribution is 2.60. The Kier molecular flexibility index (Phi) is 3.42. The summed E-state index contributed by atoms with van der Waals surface area (Å²) in [5.74, 6) is 2.42. The van der Waals surface area contributed by atoms with Crippen molar-refractivity contribution < 1.29 is 13.9 Å². The average molecular weight is 343 g/mol. The monoisotopic (exact) mass is 343 g/mol. The highest BCUT2D eigenvalue weighted by atomic mass is 19.1. The van der Waals surface area contributed by atoms with Crippen molar-refractivity contribution in [2.45, 2.75) is 57.3 Å². The van der Waals surface area contributed by atoms with Crippen molar-refractivity contribution in [1.82, 2.24) is 0 Å². The molecule has 1 aromatic carbocycles. The standard InChI is InChI=1S/C21H26FNO2/c22-18-7-19(16(15-1-2-15)6-17(18)20(23)24)25-11-21-8-12-3-13(9-21)5-14(4-12)10-21/h6-7,12-15H,1-5,8-11H2,(H2,23,24). The lowest BCUT2D eigenvalue weighted by Crippen LogP contribution is -2.48. The summed E-state index contributed by atoms with van der Waals surface area (Å²) in [6.07, 6.45) is 10.2. The number of carbonyl (C=O) groups excluding carboxylic acids is 1. The Morgan fingerprint density at radius 1 is 1.12 bits per heavy atom. The van der Waals surface area contributed by atoms with E-state index in [2.05, 4.69) is 0 Å². The fourth-order valence-electron chi connectivity index (χ4n) is 6.30. The number of amides is 1. The second-order valence-corrected chi connectivity index (χ2v) is 9.21. The van der Waals surface area contributed by atoms with Gasteiger partial charge in [-0.05, 0) is 86.7 Å². The molecule has 134 valence electrons. The van der Waals surface area contributed by atoms with Crippen LogP contribution < -0.4 is 10.5 Å². The van der Waals surface area contributed by atoms with Crippen LogP contribution in [0.3, 0.4) is 0 Å². The highest BCUT2D eigenvalue weighted by Gasteiger charge is 2.51. The number of halogens is 1. The van der Waals surface area contributed by atoms with Crippen molar-refractivity contribution in [3.63, 3.8) is 0 Å². The van der Waals surface area contributed by atoms with E-state index in [1.54, 1.807) is 6.07 Å². The third-order valence-corrected chi connectivity index (χ3v) is 7.08.